The van der Waals surface area contributed by atoms with Crippen molar-refractivity contribution in [3.05, 3.63) is 66.0 Å². The van der Waals surface area contributed by atoms with E-state index in [2.05, 4.69) is 47.3 Å². The van der Waals surface area contributed by atoms with Gasteiger partial charge in [0, 0.05) is 42.5 Å². The molecule has 2 fully saturated rings. The summed E-state index contributed by atoms with van der Waals surface area (Å²) in [6.45, 7) is 2.71. The molecule has 2 aliphatic heterocycles. The number of hydrogen-bond acceptors (Lipinski definition) is 3. The smallest absolute Gasteiger partial charge is 0.254 e. The molecule has 0 radical (unpaired) electrons. The number of hydrogen-bond donors (Lipinski definition) is 0. The number of likely N-dealkylation sites (N-methyl/N-ethyl adjacent to an activating group) is 1. The summed E-state index contributed by atoms with van der Waals surface area (Å²) in [5.41, 5.74) is 2.35. The Kier molecular flexibility index (Phi) is 3.85. The molecule has 1 aromatic carbocycles. The van der Waals surface area contributed by atoms with Crippen LogP contribution in [0.2, 0.25) is 0 Å². The number of amides is 1. The van der Waals surface area contributed by atoms with Gasteiger partial charge in [-0.05, 0) is 44.1 Å². The molecular weight excluding hydrogens is 298 g/mol. The molecule has 1 amide bonds. The topological polar surface area (TPSA) is 36.4 Å². The number of fused-ring (bicyclic) bond motifs is 1. The first-order valence-electron chi connectivity index (χ1n) is 8.66. The third kappa shape index (κ3) is 2.42. The quantitative estimate of drug-likeness (QED) is 0.853. The molecule has 0 unspecified atom stereocenters. The van der Waals surface area contributed by atoms with Crippen LogP contribution in [0.1, 0.15) is 28.8 Å². The Bertz CT molecular complexity index is 718. The van der Waals surface area contributed by atoms with Crippen LogP contribution in [0.15, 0.2) is 54.9 Å². The minimum atomic E-state index is 0.124. The molecule has 0 bridgehead atoms. The van der Waals surface area contributed by atoms with E-state index in [9.17, 15) is 4.79 Å². The van der Waals surface area contributed by atoms with E-state index in [1.165, 1.54) is 12.0 Å². The van der Waals surface area contributed by atoms with Gasteiger partial charge in [0.1, 0.15) is 0 Å². The van der Waals surface area contributed by atoms with Crippen LogP contribution in [0.4, 0.5) is 0 Å². The molecule has 24 heavy (non-hydrogen) atoms. The molecule has 4 nitrogen and oxygen atoms in total. The van der Waals surface area contributed by atoms with Crippen LogP contribution in [0.5, 0.6) is 0 Å². The fourth-order valence-corrected chi connectivity index (χ4v) is 4.47. The predicted molar refractivity (Wildman–Crippen MR) is 93.9 cm³/mol. The molecular formula is C20H23N3O. The lowest BCUT2D eigenvalue weighted by Gasteiger charge is -2.46. The average molecular weight is 321 g/mol. The van der Waals surface area contributed by atoms with Gasteiger partial charge in [0.2, 0.25) is 0 Å². The van der Waals surface area contributed by atoms with Crippen molar-refractivity contribution in [2.24, 2.45) is 0 Å². The minimum Gasteiger partial charge on any atom is -0.337 e. The van der Waals surface area contributed by atoms with Crippen molar-refractivity contribution in [2.75, 3.05) is 26.7 Å². The molecule has 0 spiro atoms. The first kappa shape index (κ1) is 15.3. The number of likely N-dealkylation sites (tertiary alicyclic amines) is 2. The van der Waals surface area contributed by atoms with E-state index in [1.807, 2.05) is 4.90 Å². The largest absolute Gasteiger partial charge is 0.337 e. The molecule has 0 N–H and O–H groups in total. The monoisotopic (exact) mass is 321 g/mol. The molecule has 1 aromatic heterocycles. The van der Waals surface area contributed by atoms with Gasteiger partial charge in [0.05, 0.1) is 0 Å². The van der Waals surface area contributed by atoms with E-state index >= 15 is 0 Å². The van der Waals surface area contributed by atoms with E-state index in [0.717, 1.165) is 31.6 Å². The van der Waals surface area contributed by atoms with Crippen LogP contribution >= 0.6 is 0 Å². The number of carbonyl (C=O) groups excluding carboxylic acids is 1. The van der Waals surface area contributed by atoms with Gasteiger partial charge in [-0.2, -0.15) is 0 Å². The van der Waals surface area contributed by atoms with Gasteiger partial charge in [-0.1, -0.05) is 30.3 Å². The fourth-order valence-electron chi connectivity index (χ4n) is 4.47. The Hall–Kier alpha value is -2.20. The van der Waals surface area contributed by atoms with E-state index in [-0.39, 0.29) is 11.3 Å². The number of aromatic nitrogens is 1. The molecule has 124 valence electrons. The lowest BCUT2D eigenvalue weighted by Crippen LogP contribution is -2.56. The van der Waals surface area contributed by atoms with Crippen LogP contribution in [0, 0.1) is 0 Å². The number of pyridine rings is 1. The number of benzene rings is 1. The van der Waals surface area contributed by atoms with Crippen LogP contribution in [-0.2, 0) is 5.41 Å². The summed E-state index contributed by atoms with van der Waals surface area (Å²) in [4.78, 5) is 21.3. The summed E-state index contributed by atoms with van der Waals surface area (Å²) in [5, 5.41) is 0. The number of rotatable bonds is 2. The fraction of sp³-hybridized carbons (Fsp3) is 0.400. The molecule has 0 aliphatic carbocycles. The number of carbonyl (C=O) groups is 1. The normalized spacial score (nSPS) is 27.0. The van der Waals surface area contributed by atoms with Crippen LogP contribution in [-0.4, -0.2) is 53.4 Å². The second-order valence-electron chi connectivity index (χ2n) is 7.01. The van der Waals surface area contributed by atoms with E-state index < -0.39 is 0 Å². The SMILES string of the molecule is CN1CC[C@]2(c3ccccc3)CCN(C(=O)c3ccncc3)C[C@@H]12. The Labute approximate surface area is 143 Å². The van der Waals surface area contributed by atoms with Gasteiger partial charge in [-0.15, -0.1) is 0 Å². The molecule has 2 saturated heterocycles. The lowest BCUT2D eigenvalue weighted by atomic mass is 9.69. The zero-order chi connectivity index (χ0) is 16.6. The Morgan fingerprint density at radius 1 is 1.08 bits per heavy atom. The summed E-state index contributed by atoms with van der Waals surface area (Å²) in [6.07, 6.45) is 5.58. The van der Waals surface area contributed by atoms with Crippen molar-refractivity contribution >= 4 is 5.91 Å². The molecule has 4 rings (SSSR count). The second-order valence-corrected chi connectivity index (χ2v) is 7.01. The van der Waals surface area contributed by atoms with Gasteiger partial charge < -0.3 is 9.80 Å². The predicted octanol–water partition coefficient (Wildman–Crippen LogP) is 2.57. The maximum Gasteiger partial charge on any atom is 0.254 e. The van der Waals surface area contributed by atoms with E-state index in [0.29, 0.717) is 6.04 Å². The zero-order valence-corrected chi connectivity index (χ0v) is 14.1. The van der Waals surface area contributed by atoms with Crippen LogP contribution in [0.3, 0.4) is 0 Å². The third-order valence-corrected chi connectivity index (χ3v) is 5.86. The first-order valence-corrected chi connectivity index (χ1v) is 8.66. The van der Waals surface area contributed by atoms with E-state index in [1.54, 1.807) is 24.5 Å². The summed E-state index contributed by atoms with van der Waals surface area (Å²) in [5.74, 6) is 0.124. The van der Waals surface area contributed by atoms with Crippen molar-refractivity contribution < 1.29 is 4.79 Å². The van der Waals surface area contributed by atoms with Gasteiger partial charge in [0.25, 0.3) is 5.91 Å². The third-order valence-electron chi connectivity index (χ3n) is 5.86. The maximum atomic E-state index is 12.8. The molecule has 4 heteroatoms. The Morgan fingerprint density at radius 3 is 2.54 bits per heavy atom. The van der Waals surface area contributed by atoms with Crippen molar-refractivity contribution in [3.8, 4) is 0 Å². The molecule has 2 atom stereocenters. The lowest BCUT2D eigenvalue weighted by molar-refractivity contribution is 0.0553. The van der Waals surface area contributed by atoms with Gasteiger partial charge >= 0.3 is 0 Å². The standard InChI is InChI=1S/C20H23N3O/c1-22-13-9-20(17-5-3-2-4-6-17)10-14-23(15-18(20)22)19(24)16-7-11-21-12-8-16/h2-8,11-12,18H,9-10,13-15H2,1H3/t18-,20-/m1/s1. The highest BCUT2D eigenvalue weighted by molar-refractivity contribution is 5.94. The number of nitrogens with zero attached hydrogens (tertiary/aromatic N) is 3. The minimum absolute atomic E-state index is 0.124. The van der Waals surface area contributed by atoms with Crippen molar-refractivity contribution in [3.63, 3.8) is 0 Å². The maximum absolute atomic E-state index is 12.8. The first-order chi connectivity index (χ1) is 11.7. The molecule has 2 aromatic rings. The van der Waals surface area contributed by atoms with Crippen LogP contribution in [0.25, 0.3) is 0 Å². The van der Waals surface area contributed by atoms with Crippen molar-refractivity contribution in [2.45, 2.75) is 24.3 Å². The second kappa shape index (κ2) is 6.02. The van der Waals surface area contributed by atoms with Gasteiger partial charge in [-0.3, -0.25) is 9.78 Å². The molecule has 0 saturated carbocycles. The molecule has 2 aliphatic rings. The van der Waals surface area contributed by atoms with E-state index in [4.69, 9.17) is 0 Å². The Morgan fingerprint density at radius 2 is 1.79 bits per heavy atom. The highest BCUT2D eigenvalue weighted by Crippen LogP contribution is 2.45. The molecule has 3 heterocycles. The van der Waals surface area contributed by atoms with Crippen LogP contribution < -0.4 is 0 Å². The van der Waals surface area contributed by atoms with Crippen molar-refractivity contribution in [1.82, 2.24) is 14.8 Å². The highest BCUT2D eigenvalue weighted by Gasteiger charge is 2.50. The number of piperidine rings is 1. The summed E-state index contributed by atoms with van der Waals surface area (Å²) < 4.78 is 0. The van der Waals surface area contributed by atoms with Gasteiger partial charge in [0.15, 0.2) is 0 Å². The highest BCUT2D eigenvalue weighted by atomic mass is 16.2. The van der Waals surface area contributed by atoms with Gasteiger partial charge in [-0.25, -0.2) is 0 Å². The average Bonchev–Trinajstić information content (AvgIpc) is 3.00. The Balaban J connectivity index is 1.61. The zero-order valence-electron chi connectivity index (χ0n) is 14.1. The summed E-state index contributed by atoms with van der Waals surface area (Å²) >= 11 is 0. The summed E-state index contributed by atoms with van der Waals surface area (Å²) in [7, 11) is 2.19. The summed E-state index contributed by atoms with van der Waals surface area (Å²) in [6, 6.07) is 14.9. The van der Waals surface area contributed by atoms with Crippen molar-refractivity contribution in [1.29, 1.82) is 0 Å².